The number of methoxy groups -OCH3 is 1. The lowest BCUT2D eigenvalue weighted by atomic mass is 10.2. The monoisotopic (exact) mass is 530 g/mol. The topological polar surface area (TPSA) is 75.7 Å². The number of hydrogen-bond donors (Lipinski definition) is 1. The van der Waals surface area contributed by atoms with E-state index in [0.717, 1.165) is 10.4 Å². The zero-order chi connectivity index (χ0) is 24.3. The van der Waals surface area contributed by atoms with Gasteiger partial charge in [0.05, 0.1) is 27.9 Å². The highest BCUT2D eigenvalue weighted by atomic mass is 35.5. The molecule has 0 aromatic heterocycles. The number of sulfonamides is 1. The predicted octanol–water partition coefficient (Wildman–Crippen LogP) is 5.94. The first-order valence-corrected chi connectivity index (χ1v) is 12.0. The van der Waals surface area contributed by atoms with Gasteiger partial charge >= 0.3 is 0 Å². The zero-order valence-corrected chi connectivity index (χ0v) is 20.5. The molecule has 174 valence electrons. The molecular weight excluding hydrogens is 514 g/mol. The summed E-state index contributed by atoms with van der Waals surface area (Å²) in [6, 6.07) is 12.5. The van der Waals surface area contributed by atoms with Gasteiger partial charge in [0.1, 0.15) is 23.0 Å². The van der Waals surface area contributed by atoms with Crippen molar-refractivity contribution in [2.24, 2.45) is 0 Å². The van der Waals surface area contributed by atoms with E-state index in [1.807, 2.05) is 0 Å². The van der Waals surface area contributed by atoms with Crippen LogP contribution < -0.4 is 14.4 Å². The van der Waals surface area contributed by atoms with E-state index in [1.165, 1.54) is 49.6 Å². The third kappa shape index (κ3) is 5.70. The fraction of sp³-hybridized carbons (Fsp3) is 0.136. The van der Waals surface area contributed by atoms with E-state index < -0.39 is 28.3 Å². The average molecular weight is 532 g/mol. The second kappa shape index (κ2) is 10.2. The van der Waals surface area contributed by atoms with Crippen LogP contribution in [0.3, 0.4) is 0 Å². The molecule has 6 nitrogen and oxygen atoms in total. The van der Waals surface area contributed by atoms with Gasteiger partial charge in [-0.3, -0.25) is 9.10 Å². The largest absolute Gasteiger partial charge is 0.495 e. The number of nitrogens with zero attached hydrogens (tertiary/aromatic N) is 1. The molecule has 0 heterocycles. The number of halogens is 4. The van der Waals surface area contributed by atoms with Gasteiger partial charge < -0.3 is 10.1 Å². The van der Waals surface area contributed by atoms with Crippen molar-refractivity contribution in [1.82, 2.24) is 0 Å². The Morgan fingerprint density at radius 2 is 1.73 bits per heavy atom. The molecule has 3 aromatic carbocycles. The number of nitrogens with one attached hydrogen (secondary N) is 1. The summed E-state index contributed by atoms with van der Waals surface area (Å²) >= 11 is 17.8. The Kier molecular flexibility index (Phi) is 7.74. The van der Waals surface area contributed by atoms with Crippen molar-refractivity contribution >= 4 is 62.1 Å². The number of ether oxygens (including phenoxy) is 1. The maximum absolute atomic E-state index is 13.7. The molecule has 1 amide bonds. The Bertz CT molecular complexity index is 1320. The molecule has 0 fully saturated rings. The molecule has 0 bridgehead atoms. The smallest absolute Gasteiger partial charge is 0.268 e. The standard InChI is InChI=1S/C22H18Cl3FN2O4S/c1-13-3-8-20(32-2)21(9-13)33(30,31)28(15-5-6-16(23)17(24)11-15)12-22(29)27-14-4-7-19(26)18(25)10-14/h3-11H,12H2,1-2H3,(H,27,29). The highest BCUT2D eigenvalue weighted by Gasteiger charge is 2.30. The molecule has 0 unspecified atom stereocenters. The number of amides is 1. The van der Waals surface area contributed by atoms with Crippen molar-refractivity contribution < 1.29 is 22.3 Å². The summed E-state index contributed by atoms with van der Waals surface area (Å²) in [7, 11) is -2.95. The molecule has 0 spiro atoms. The van der Waals surface area contributed by atoms with E-state index >= 15 is 0 Å². The molecule has 11 heteroatoms. The molecule has 0 saturated heterocycles. The average Bonchev–Trinajstić information content (AvgIpc) is 2.76. The maximum Gasteiger partial charge on any atom is 0.268 e. The molecule has 3 aromatic rings. The number of benzene rings is 3. The van der Waals surface area contributed by atoms with E-state index in [4.69, 9.17) is 39.5 Å². The van der Waals surface area contributed by atoms with Crippen LogP contribution in [0.25, 0.3) is 0 Å². The van der Waals surface area contributed by atoms with Gasteiger partial charge in [0.15, 0.2) is 0 Å². The summed E-state index contributed by atoms with van der Waals surface area (Å²) < 4.78 is 46.9. The molecule has 0 saturated carbocycles. The van der Waals surface area contributed by atoms with Crippen LogP contribution in [0.5, 0.6) is 5.75 Å². The summed E-state index contributed by atoms with van der Waals surface area (Å²) in [6.45, 7) is 1.11. The normalized spacial score (nSPS) is 11.2. The van der Waals surface area contributed by atoms with Crippen molar-refractivity contribution in [3.63, 3.8) is 0 Å². The van der Waals surface area contributed by atoms with Gasteiger partial charge in [0.2, 0.25) is 5.91 Å². The molecule has 0 radical (unpaired) electrons. The predicted molar refractivity (Wildman–Crippen MR) is 129 cm³/mol. The highest BCUT2D eigenvalue weighted by molar-refractivity contribution is 7.93. The van der Waals surface area contributed by atoms with E-state index in [9.17, 15) is 17.6 Å². The molecule has 0 aliphatic carbocycles. The number of hydrogen-bond acceptors (Lipinski definition) is 4. The lowest BCUT2D eigenvalue weighted by Gasteiger charge is -2.25. The number of anilines is 2. The van der Waals surface area contributed by atoms with E-state index in [-0.39, 0.29) is 37.1 Å². The molecule has 1 N–H and O–H groups in total. The third-order valence-electron chi connectivity index (χ3n) is 4.57. The van der Waals surface area contributed by atoms with Crippen molar-refractivity contribution in [2.45, 2.75) is 11.8 Å². The molecule has 0 atom stereocenters. The quantitative estimate of drug-likeness (QED) is 0.410. The molecule has 0 aliphatic rings. The van der Waals surface area contributed by atoms with Crippen LogP contribution in [0.1, 0.15) is 5.56 Å². The van der Waals surface area contributed by atoms with Crippen molar-refractivity contribution in [3.05, 3.63) is 81.0 Å². The summed E-state index contributed by atoms with van der Waals surface area (Å²) in [4.78, 5) is 12.7. The number of carbonyl (C=O) groups is 1. The van der Waals surface area contributed by atoms with Crippen LogP contribution in [-0.4, -0.2) is 28.0 Å². The fourth-order valence-corrected chi connectivity index (χ4v) is 5.09. The maximum atomic E-state index is 13.7. The Hall–Kier alpha value is -2.52. The van der Waals surface area contributed by atoms with Crippen LogP contribution >= 0.6 is 34.8 Å². The Labute approximate surface area is 205 Å². The van der Waals surface area contributed by atoms with E-state index in [1.54, 1.807) is 13.0 Å². The second-order valence-corrected chi connectivity index (χ2v) is 9.99. The van der Waals surface area contributed by atoms with Gasteiger partial charge in [-0.2, -0.15) is 0 Å². The minimum absolute atomic E-state index is 0.108. The summed E-state index contributed by atoms with van der Waals surface area (Å²) in [6.07, 6.45) is 0. The molecule has 3 rings (SSSR count). The van der Waals surface area contributed by atoms with Crippen molar-refractivity contribution in [3.8, 4) is 5.75 Å². The van der Waals surface area contributed by atoms with E-state index in [2.05, 4.69) is 5.32 Å². The van der Waals surface area contributed by atoms with Crippen molar-refractivity contribution in [2.75, 3.05) is 23.3 Å². The molecular formula is C22H18Cl3FN2O4S. The van der Waals surface area contributed by atoms with Gasteiger partial charge in [-0.05, 0) is 61.0 Å². The van der Waals surface area contributed by atoms with Crippen LogP contribution in [-0.2, 0) is 14.8 Å². The summed E-state index contributed by atoms with van der Waals surface area (Å²) in [5, 5.41) is 2.65. The van der Waals surface area contributed by atoms with Gasteiger partial charge in [-0.1, -0.05) is 40.9 Å². The van der Waals surface area contributed by atoms with Gasteiger partial charge in [-0.25, -0.2) is 12.8 Å². The SMILES string of the molecule is COc1ccc(C)cc1S(=O)(=O)N(CC(=O)Nc1ccc(F)c(Cl)c1)c1ccc(Cl)c(Cl)c1. The second-order valence-electron chi connectivity index (χ2n) is 6.94. The number of rotatable bonds is 7. The summed E-state index contributed by atoms with van der Waals surface area (Å²) in [5.74, 6) is -1.24. The minimum atomic E-state index is -4.29. The lowest BCUT2D eigenvalue weighted by Crippen LogP contribution is -2.38. The number of carbonyl (C=O) groups excluding carboxylic acids is 1. The zero-order valence-electron chi connectivity index (χ0n) is 17.4. The lowest BCUT2D eigenvalue weighted by molar-refractivity contribution is -0.114. The number of aryl methyl sites for hydroxylation is 1. The summed E-state index contributed by atoms with van der Waals surface area (Å²) in [5.41, 5.74) is 0.986. The van der Waals surface area contributed by atoms with Crippen LogP contribution in [0.15, 0.2) is 59.5 Å². The van der Waals surface area contributed by atoms with Gasteiger partial charge in [0, 0.05) is 5.69 Å². The van der Waals surface area contributed by atoms with Gasteiger partial charge in [0.25, 0.3) is 10.0 Å². The van der Waals surface area contributed by atoms with Gasteiger partial charge in [-0.15, -0.1) is 0 Å². The Morgan fingerprint density at radius 3 is 2.36 bits per heavy atom. The molecule has 33 heavy (non-hydrogen) atoms. The first-order chi connectivity index (χ1) is 15.5. The fourth-order valence-electron chi connectivity index (χ4n) is 2.96. The Balaban J connectivity index is 2.04. The highest BCUT2D eigenvalue weighted by Crippen LogP contribution is 2.34. The first-order valence-electron chi connectivity index (χ1n) is 9.40. The minimum Gasteiger partial charge on any atom is -0.495 e. The third-order valence-corrected chi connectivity index (χ3v) is 7.39. The molecule has 0 aliphatic heterocycles. The van der Waals surface area contributed by atoms with Crippen LogP contribution in [0.4, 0.5) is 15.8 Å². The Morgan fingerprint density at radius 1 is 1.00 bits per heavy atom. The van der Waals surface area contributed by atoms with Crippen LogP contribution in [0.2, 0.25) is 15.1 Å². The first kappa shape index (κ1) is 25.1. The van der Waals surface area contributed by atoms with Crippen LogP contribution in [0, 0.1) is 12.7 Å². The van der Waals surface area contributed by atoms with E-state index in [0.29, 0.717) is 5.56 Å². The van der Waals surface area contributed by atoms with Crippen molar-refractivity contribution in [1.29, 1.82) is 0 Å².